The Hall–Kier alpha value is -3.49. The molecule has 0 saturated heterocycles. The van der Waals surface area contributed by atoms with Crippen LogP contribution in [0.4, 0.5) is 5.69 Å². The molecule has 156 valence electrons. The van der Waals surface area contributed by atoms with Crippen LogP contribution in [0.25, 0.3) is 6.08 Å². The Morgan fingerprint density at radius 1 is 1.10 bits per heavy atom. The van der Waals surface area contributed by atoms with Crippen molar-refractivity contribution in [3.05, 3.63) is 63.6 Å². The Kier molecular flexibility index (Phi) is 5.34. The summed E-state index contributed by atoms with van der Waals surface area (Å²) in [5, 5.41) is 6.16. The monoisotopic (exact) mass is 456 g/mol. The van der Waals surface area contributed by atoms with Gasteiger partial charge in [0.15, 0.2) is 5.78 Å². The van der Waals surface area contributed by atoms with Crippen molar-refractivity contribution >= 4 is 64.4 Å². The van der Waals surface area contributed by atoms with E-state index in [-0.39, 0.29) is 22.4 Å². The van der Waals surface area contributed by atoms with Gasteiger partial charge in [0, 0.05) is 17.0 Å². The standard InChI is InChI=1S/C21H14Cl2N4O4/c1-11(28)18-25-27(14-5-7-15(31-2)8-6-14)21-24-19(29)16(20(30)26(18)21)9-12-3-4-13(22)10-17(12)23/h3-10H,1-2H3/b16-9-. The molecule has 2 aromatic rings. The maximum Gasteiger partial charge on any atom is 0.285 e. The van der Waals surface area contributed by atoms with Crippen molar-refractivity contribution in [1.82, 2.24) is 4.90 Å². The number of ether oxygens (including phenoxy) is 1. The number of benzene rings is 2. The Labute approximate surface area is 187 Å². The lowest BCUT2D eigenvalue weighted by Gasteiger charge is -2.24. The number of aliphatic imine (C=N–C) groups is 1. The summed E-state index contributed by atoms with van der Waals surface area (Å²) in [6.45, 7) is 1.27. The van der Waals surface area contributed by atoms with Gasteiger partial charge in [0.05, 0.1) is 12.8 Å². The number of carbonyl (C=O) groups is 3. The van der Waals surface area contributed by atoms with E-state index in [9.17, 15) is 14.4 Å². The van der Waals surface area contributed by atoms with Crippen LogP contribution in [0.3, 0.4) is 0 Å². The fourth-order valence-electron chi connectivity index (χ4n) is 3.04. The average molecular weight is 457 g/mol. The fourth-order valence-corrected chi connectivity index (χ4v) is 3.51. The van der Waals surface area contributed by atoms with Gasteiger partial charge in [-0.3, -0.25) is 14.4 Å². The molecule has 0 spiro atoms. The third-order valence-electron chi connectivity index (χ3n) is 4.56. The number of hydrazone groups is 1. The highest BCUT2D eigenvalue weighted by molar-refractivity contribution is 6.51. The van der Waals surface area contributed by atoms with Crippen molar-refractivity contribution in [2.45, 2.75) is 6.92 Å². The van der Waals surface area contributed by atoms with Crippen LogP contribution < -0.4 is 9.75 Å². The summed E-state index contributed by atoms with van der Waals surface area (Å²) in [7, 11) is 1.53. The van der Waals surface area contributed by atoms with Gasteiger partial charge in [0.2, 0.25) is 11.8 Å². The summed E-state index contributed by atoms with van der Waals surface area (Å²) in [6, 6.07) is 11.3. The van der Waals surface area contributed by atoms with E-state index in [2.05, 4.69) is 10.1 Å². The first-order valence-electron chi connectivity index (χ1n) is 8.98. The first kappa shape index (κ1) is 20.8. The van der Waals surface area contributed by atoms with Crippen LogP contribution in [-0.4, -0.2) is 41.4 Å². The fraction of sp³-hybridized carbons (Fsp3) is 0.0952. The van der Waals surface area contributed by atoms with Crippen molar-refractivity contribution in [3.8, 4) is 5.75 Å². The van der Waals surface area contributed by atoms with E-state index in [0.29, 0.717) is 22.0 Å². The summed E-state index contributed by atoms with van der Waals surface area (Å²) in [5.41, 5.74) is 0.655. The van der Waals surface area contributed by atoms with Crippen molar-refractivity contribution in [2.75, 3.05) is 12.1 Å². The Morgan fingerprint density at radius 2 is 1.81 bits per heavy atom. The molecule has 0 unspecified atom stereocenters. The smallest absolute Gasteiger partial charge is 0.285 e. The van der Waals surface area contributed by atoms with Crippen LogP contribution in [-0.2, 0) is 14.4 Å². The zero-order valence-electron chi connectivity index (χ0n) is 16.3. The molecule has 0 saturated carbocycles. The van der Waals surface area contributed by atoms with Gasteiger partial charge in [-0.2, -0.15) is 10.0 Å². The van der Waals surface area contributed by atoms with Gasteiger partial charge in [-0.05, 0) is 48.0 Å². The number of hydrogen-bond donors (Lipinski definition) is 0. The minimum Gasteiger partial charge on any atom is -0.497 e. The minimum atomic E-state index is -0.777. The SMILES string of the molecule is COc1ccc(N2N=C(C(C)=O)N3C(=O)/C(=C\c4ccc(Cl)cc4Cl)C(=O)N=C32)cc1. The number of Topliss-reactive ketones (excluding diaryl/α,β-unsaturated/α-hetero) is 1. The van der Waals surface area contributed by atoms with Crippen LogP contribution in [0, 0.1) is 0 Å². The molecule has 0 atom stereocenters. The van der Waals surface area contributed by atoms with Crippen LogP contribution in [0.2, 0.25) is 10.0 Å². The number of amides is 2. The first-order valence-corrected chi connectivity index (χ1v) is 9.73. The first-order chi connectivity index (χ1) is 14.8. The molecule has 0 fully saturated rings. The molecule has 0 N–H and O–H groups in total. The zero-order valence-corrected chi connectivity index (χ0v) is 17.8. The molecule has 2 heterocycles. The predicted molar refractivity (Wildman–Crippen MR) is 117 cm³/mol. The topological polar surface area (TPSA) is 91.6 Å². The summed E-state index contributed by atoms with van der Waals surface area (Å²) < 4.78 is 5.14. The van der Waals surface area contributed by atoms with E-state index >= 15 is 0 Å². The maximum atomic E-state index is 13.2. The quantitative estimate of drug-likeness (QED) is 0.518. The molecule has 2 aromatic carbocycles. The number of methoxy groups -OCH3 is 1. The van der Waals surface area contributed by atoms with Crippen LogP contribution >= 0.6 is 23.2 Å². The number of carbonyl (C=O) groups excluding carboxylic acids is 3. The van der Waals surface area contributed by atoms with Crippen molar-refractivity contribution in [1.29, 1.82) is 0 Å². The molecule has 31 heavy (non-hydrogen) atoms. The lowest BCUT2D eigenvalue weighted by molar-refractivity contribution is -0.126. The maximum absolute atomic E-state index is 13.2. The Balaban J connectivity index is 1.79. The molecule has 2 aliphatic rings. The van der Waals surface area contributed by atoms with Gasteiger partial charge in [-0.15, -0.1) is 5.10 Å². The third kappa shape index (κ3) is 3.71. The molecular weight excluding hydrogens is 443 g/mol. The second kappa shape index (κ2) is 7.98. The number of nitrogens with zero attached hydrogens (tertiary/aromatic N) is 4. The molecule has 0 aromatic heterocycles. The lowest BCUT2D eigenvalue weighted by Crippen LogP contribution is -2.49. The molecule has 2 aliphatic heterocycles. The second-order valence-electron chi connectivity index (χ2n) is 6.57. The summed E-state index contributed by atoms with van der Waals surface area (Å²) in [4.78, 5) is 43.2. The van der Waals surface area contributed by atoms with Gasteiger partial charge >= 0.3 is 0 Å². The number of guanidine groups is 1. The Bertz CT molecular complexity index is 1220. The minimum absolute atomic E-state index is 0.0790. The highest BCUT2D eigenvalue weighted by Crippen LogP contribution is 2.30. The molecule has 2 amide bonds. The van der Waals surface area contributed by atoms with E-state index in [0.717, 1.165) is 4.90 Å². The Morgan fingerprint density at radius 3 is 2.42 bits per heavy atom. The van der Waals surface area contributed by atoms with E-state index in [1.54, 1.807) is 36.4 Å². The van der Waals surface area contributed by atoms with Crippen LogP contribution in [0.5, 0.6) is 5.75 Å². The molecule has 8 nitrogen and oxygen atoms in total. The number of ketones is 1. The van der Waals surface area contributed by atoms with E-state index < -0.39 is 17.6 Å². The number of hydrogen-bond acceptors (Lipinski definition) is 6. The van der Waals surface area contributed by atoms with Gasteiger partial charge in [-0.25, -0.2) is 4.90 Å². The van der Waals surface area contributed by atoms with E-state index in [4.69, 9.17) is 27.9 Å². The van der Waals surface area contributed by atoms with Crippen molar-refractivity contribution in [2.24, 2.45) is 10.1 Å². The van der Waals surface area contributed by atoms with Gasteiger partial charge in [0.25, 0.3) is 11.8 Å². The molecular formula is C21H14Cl2N4O4. The zero-order chi connectivity index (χ0) is 22.3. The lowest BCUT2D eigenvalue weighted by atomic mass is 10.1. The third-order valence-corrected chi connectivity index (χ3v) is 5.12. The largest absolute Gasteiger partial charge is 0.497 e. The predicted octanol–water partition coefficient (Wildman–Crippen LogP) is 3.53. The molecule has 0 aliphatic carbocycles. The van der Waals surface area contributed by atoms with Crippen molar-refractivity contribution < 1.29 is 19.1 Å². The summed E-state index contributed by atoms with van der Waals surface area (Å²) in [5.74, 6) is -1.59. The number of rotatable bonds is 4. The van der Waals surface area contributed by atoms with E-state index in [1.165, 1.54) is 31.2 Å². The van der Waals surface area contributed by atoms with Gasteiger partial charge in [0.1, 0.15) is 11.3 Å². The molecule has 4 rings (SSSR count). The van der Waals surface area contributed by atoms with Crippen molar-refractivity contribution in [3.63, 3.8) is 0 Å². The second-order valence-corrected chi connectivity index (χ2v) is 7.41. The van der Waals surface area contributed by atoms with Crippen LogP contribution in [0.15, 0.2) is 58.1 Å². The number of amidine groups is 1. The molecule has 0 bridgehead atoms. The summed E-state index contributed by atoms with van der Waals surface area (Å²) in [6.07, 6.45) is 1.32. The highest BCUT2D eigenvalue weighted by atomic mass is 35.5. The van der Waals surface area contributed by atoms with Gasteiger partial charge < -0.3 is 4.74 Å². The number of halogens is 2. The highest BCUT2D eigenvalue weighted by Gasteiger charge is 2.44. The normalized spacial score (nSPS) is 17.0. The van der Waals surface area contributed by atoms with Gasteiger partial charge in [-0.1, -0.05) is 29.3 Å². The average Bonchev–Trinajstić information content (AvgIpc) is 3.12. The molecule has 10 heteroatoms. The number of fused-ring (bicyclic) bond motifs is 1. The number of anilines is 1. The molecule has 0 radical (unpaired) electrons. The summed E-state index contributed by atoms with van der Waals surface area (Å²) >= 11 is 12.1. The van der Waals surface area contributed by atoms with E-state index in [1.807, 2.05) is 0 Å². The van der Waals surface area contributed by atoms with Crippen LogP contribution in [0.1, 0.15) is 12.5 Å².